The maximum atomic E-state index is 13.6. The Kier molecular flexibility index (Phi) is 6.98. The first-order chi connectivity index (χ1) is 18.5. The second-order valence-electron chi connectivity index (χ2n) is 9.97. The van der Waals surface area contributed by atoms with E-state index >= 15 is 0 Å². The molecule has 1 saturated heterocycles. The largest absolute Gasteiger partial charge is 0.348 e. The smallest absolute Gasteiger partial charge is 0.256 e. The molecule has 4 aromatic rings. The van der Waals surface area contributed by atoms with Crippen LogP contribution in [0.1, 0.15) is 50.0 Å². The van der Waals surface area contributed by atoms with Crippen molar-refractivity contribution >= 4 is 38.9 Å². The van der Waals surface area contributed by atoms with E-state index in [1.807, 2.05) is 37.3 Å². The van der Waals surface area contributed by atoms with Gasteiger partial charge in [0.2, 0.25) is 0 Å². The summed E-state index contributed by atoms with van der Waals surface area (Å²) in [6, 6.07) is 11.0. The lowest BCUT2D eigenvalue weighted by Gasteiger charge is -2.39. The third-order valence-corrected chi connectivity index (χ3v) is 8.63. The van der Waals surface area contributed by atoms with E-state index in [1.54, 1.807) is 34.7 Å². The van der Waals surface area contributed by atoms with Crippen molar-refractivity contribution in [2.24, 2.45) is 7.05 Å². The van der Waals surface area contributed by atoms with Crippen LogP contribution in [-0.4, -0.2) is 69.7 Å². The summed E-state index contributed by atoms with van der Waals surface area (Å²) in [6.07, 6.45) is 4.99. The second-order valence-corrected chi connectivity index (χ2v) is 12.3. The number of halogens is 1. The quantitative estimate of drug-likeness (QED) is 0.395. The number of nitrogens with zero attached hydrogens (tertiary/aromatic N) is 5. The van der Waals surface area contributed by atoms with Gasteiger partial charge in [0.15, 0.2) is 20.5 Å². The average Bonchev–Trinajstić information content (AvgIpc) is 3.42. The zero-order valence-electron chi connectivity index (χ0n) is 22.1. The van der Waals surface area contributed by atoms with Gasteiger partial charge in [0.1, 0.15) is 0 Å². The van der Waals surface area contributed by atoms with Crippen LogP contribution in [-0.2, 0) is 16.9 Å². The molecule has 2 atom stereocenters. The summed E-state index contributed by atoms with van der Waals surface area (Å²) in [5, 5.41) is 7.50. The Hall–Kier alpha value is -3.70. The monoisotopic (exact) mass is 568 g/mol. The molecule has 1 aromatic carbocycles. The van der Waals surface area contributed by atoms with Gasteiger partial charge in [-0.15, -0.1) is 0 Å². The average molecular weight is 569 g/mol. The zero-order chi connectivity index (χ0) is 28.1. The number of hydrogen-bond acceptors (Lipinski definition) is 6. The van der Waals surface area contributed by atoms with Crippen molar-refractivity contribution in [3.8, 4) is 0 Å². The van der Waals surface area contributed by atoms with Gasteiger partial charge in [-0.05, 0) is 31.9 Å². The van der Waals surface area contributed by atoms with Crippen molar-refractivity contribution in [2.75, 3.05) is 19.3 Å². The van der Waals surface area contributed by atoms with Crippen LogP contribution in [0, 0.1) is 13.8 Å². The highest BCUT2D eigenvalue weighted by Crippen LogP contribution is 2.30. The third kappa shape index (κ3) is 5.04. The number of nitrogens with one attached hydrogen (secondary N) is 1. The topological polar surface area (TPSA) is 119 Å². The molecule has 2 amide bonds. The van der Waals surface area contributed by atoms with Gasteiger partial charge < -0.3 is 14.6 Å². The molecule has 3 aromatic heterocycles. The Labute approximate surface area is 231 Å². The molecule has 39 heavy (non-hydrogen) atoms. The molecule has 1 N–H and O–H groups in total. The molecule has 1 fully saturated rings. The van der Waals surface area contributed by atoms with Crippen LogP contribution in [0.5, 0.6) is 0 Å². The molecule has 10 nitrogen and oxygen atoms in total. The molecular weight excluding hydrogens is 540 g/mol. The van der Waals surface area contributed by atoms with Crippen LogP contribution in [0.2, 0.25) is 5.02 Å². The fourth-order valence-electron chi connectivity index (χ4n) is 5.37. The minimum absolute atomic E-state index is 0.0453. The number of imidazole rings is 1. The number of rotatable bonds is 5. The number of piperidine rings is 1. The highest BCUT2D eigenvalue weighted by molar-refractivity contribution is 7.90. The minimum atomic E-state index is -3.69. The highest BCUT2D eigenvalue weighted by Gasteiger charge is 2.36. The van der Waals surface area contributed by atoms with Crippen LogP contribution in [0.15, 0.2) is 53.8 Å². The molecular formula is C27H29ClN6O4S. The fourth-order valence-corrected chi connectivity index (χ4v) is 6.76. The Morgan fingerprint density at radius 1 is 1.15 bits per heavy atom. The molecule has 1 aliphatic heterocycles. The van der Waals surface area contributed by atoms with Crippen LogP contribution in [0.4, 0.5) is 0 Å². The van der Waals surface area contributed by atoms with E-state index < -0.39 is 15.7 Å². The number of hydrogen-bond donors (Lipinski definition) is 1. The Morgan fingerprint density at radius 2 is 1.87 bits per heavy atom. The predicted octanol–water partition coefficient (Wildman–Crippen LogP) is 3.17. The first-order valence-corrected chi connectivity index (χ1v) is 14.7. The minimum Gasteiger partial charge on any atom is -0.348 e. The van der Waals surface area contributed by atoms with Crippen molar-refractivity contribution in [1.82, 2.24) is 29.4 Å². The van der Waals surface area contributed by atoms with Crippen molar-refractivity contribution in [3.63, 3.8) is 0 Å². The van der Waals surface area contributed by atoms with Crippen molar-refractivity contribution in [3.05, 3.63) is 81.9 Å². The number of likely N-dealkylation sites (tertiary alicyclic amines) is 1. The molecule has 0 bridgehead atoms. The van der Waals surface area contributed by atoms with Crippen LogP contribution < -0.4 is 5.32 Å². The molecule has 204 valence electrons. The lowest BCUT2D eigenvalue weighted by molar-refractivity contribution is 0.0670. The number of aromatic nitrogens is 4. The molecule has 12 heteroatoms. The number of benzene rings is 1. The normalized spacial score (nSPS) is 17.9. The van der Waals surface area contributed by atoms with Crippen molar-refractivity contribution < 1.29 is 18.0 Å². The number of carbonyl (C=O) groups is 2. The number of sulfone groups is 1. The van der Waals surface area contributed by atoms with Crippen LogP contribution in [0.25, 0.3) is 5.65 Å². The van der Waals surface area contributed by atoms with Crippen LogP contribution in [0.3, 0.4) is 0 Å². The predicted molar refractivity (Wildman–Crippen MR) is 147 cm³/mol. The summed E-state index contributed by atoms with van der Waals surface area (Å²) >= 11 is 6.43. The maximum absolute atomic E-state index is 13.6. The van der Waals surface area contributed by atoms with E-state index in [9.17, 15) is 18.0 Å². The van der Waals surface area contributed by atoms with Gasteiger partial charge in [-0.1, -0.05) is 41.9 Å². The third-order valence-electron chi connectivity index (χ3n) is 7.18. The molecule has 0 spiro atoms. The number of carbonyl (C=O) groups excluding carboxylic acids is 2. The Morgan fingerprint density at radius 3 is 2.56 bits per heavy atom. The van der Waals surface area contributed by atoms with E-state index in [4.69, 9.17) is 11.6 Å². The summed E-state index contributed by atoms with van der Waals surface area (Å²) in [4.78, 5) is 33.2. The zero-order valence-corrected chi connectivity index (χ0v) is 23.6. The number of aryl methyl sites for hydroxylation is 3. The summed E-state index contributed by atoms with van der Waals surface area (Å²) in [5.41, 5.74) is 3.25. The maximum Gasteiger partial charge on any atom is 0.256 e. The van der Waals surface area contributed by atoms with Crippen LogP contribution >= 0.6 is 11.6 Å². The van der Waals surface area contributed by atoms with E-state index in [0.717, 1.165) is 17.5 Å². The molecule has 4 heterocycles. The molecule has 1 aliphatic rings. The first-order valence-electron chi connectivity index (χ1n) is 12.5. The van der Waals surface area contributed by atoms with Gasteiger partial charge in [-0.2, -0.15) is 5.10 Å². The number of amides is 2. The number of fused-ring (bicyclic) bond motifs is 1. The first kappa shape index (κ1) is 26.9. The standard InChI is InChI=1S/C27H29ClN6O4S/c1-16-13-29-24-21(28)12-19(14-34(16)24)26(36)33-11-10-22(20(15-33)18-8-6-5-7-9-18)30-25(35)23-17(2)31-32(3)27(23)39(4,37)38/h5-9,12-14,20,22H,10-11,15H2,1-4H3,(H,30,35)/t20-,22-/m1/s1. The van der Waals surface area contributed by atoms with Gasteiger partial charge in [-0.25, -0.2) is 13.4 Å². The van der Waals surface area contributed by atoms with E-state index in [1.165, 1.54) is 11.7 Å². The molecule has 0 unspecified atom stereocenters. The molecule has 0 saturated carbocycles. The van der Waals surface area contributed by atoms with E-state index in [-0.39, 0.29) is 28.5 Å². The highest BCUT2D eigenvalue weighted by atomic mass is 35.5. The Bertz CT molecular complexity index is 1700. The lowest BCUT2D eigenvalue weighted by Crippen LogP contribution is -2.51. The molecule has 0 aliphatic carbocycles. The van der Waals surface area contributed by atoms with Crippen molar-refractivity contribution in [1.29, 1.82) is 0 Å². The fraction of sp³-hybridized carbons (Fsp3) is 0.333. The number of pyridine rings is 1. The summed E-state index contributed by atoms with van der Waals surface area (Å²) in [6.45, 7) is 4.26. The van der Waals surface area contributed by atoms with Gasteiger partial charge in [0.05, 0.1) is 21.8 Å². The van der Waals surface area contributed by atoms with Gasteiger partial charge >= 0.3 is 0 Å². The van der Waals surface area contributed by atoms with Gasteiger partial charge in [0.25, 0.3) is 11.8 Å². The SMILES string of the molecule is Cc1nn(C)c(S(C)(=O)=O)c1C(=O)N[C@@H]1CCN(C(=O)c2cc(Cl)c3ncc(C)n3c2)C[C@@H]1c1ccccc1. The lowest BCUT2D eigenvalue weighted by atomic mass is 9.85. The molecule has 0 radical (unpaired) electrons. The van der Waals surface area contributed by atoms with Gasteiger partial charge in [0, 0.05) is 56.4 Å². The summed E-state index contributed by atoms with van der Waals surface area (Å²) in [5.74, 6) is -0.889. The summed E-state index contributed by atoms with van der Waals surface area (Å²) in [7, 11) is -2.19. The molecule has 5 rings (SSSR count). The second kappa shape index (κ2) is 10.1. The van der Waals surface area contributed by atoms with E-state index in [0.29, 0.717) is 41.4 Å². The van der Waals surface area contributed by atoms with Gasteiger partial charge in [-0.3, -0.25) is 14.3 Å². The Balaban J connectivity index is 1.44. The van der Waals surface area contributed by atoms with E-state index in [2.05, 4.69) is 15.4 Å². The summed E-state index contributed by atoms with van der Waals surface area (Å²) < 4.78 is 27.9. The van der Waals surface area contributed by atoms with Crippen molar-refractivity contribution in [2.45, 2.75) is 37.3 Å².